The number of benzene rings is 3. The first-order chi connectivity index (χ1) is 16.7. The van der Waals surface area contributed by atoms with Gasteiger partial charge in [-0.25, -0.2) is 9.59 Å². The van der Waals surface area contributed by atoms with E-state index in [1.807, 2.05) is 54.6 Å². The van der Waals surface area contributed by atoms with Crippen LogP contribution < -0.4 is 5.32 Å². The molecule has 1 N–H and O–H groups in total. The molecule has 4 rings (SSSR count). The van der Waals surface area contributed by atoms with E-state index in [0.29, 0.717) is 16.6 Å². The summed E-state index contributed by atoms with van der Waals surface area (Å²) in [4.78, 5) is 38.5. The number of hydrogen-bond donors (Lipinski definition) is 1. The summed E-state index contributed by atoms with van der Waals surface area (Å²) in [5.74, 6) is -0.963. The Morgan fingerprint density at radius 2 is 1.63 bits per heavy atom. The van der Waals surface area contributed by atoms with Gasteiger partial charge in [-0.2, -0.15) is 0 Å². The molecule has 0 saturated carbocycles. The summed E-state index contributed by atoms with van der Waals surface area (Å²) in [5, 5.41) is 5.53. The molecule has 7 nitrogen and oxygen atoms in total. The largest absolute Gasteiger partial charge is 0.467 e. The van der Waals surface area contributed by atoms with Crippen molar-refractivity contribution < 1.29 is 23.9 Å². The molecule has 1 amide bonds. The molecular weight excluding hydrogens is 444 g/mol. The highest BCUT2D eigenvalue weighted by Gasteiger charge is 2.26. The summed E-state index contributed by atoms with van der Waals surface area (Å²) in [6, 6.07) is 19.5. The maximum atomic E-state index is 13.0. The molecule has 7 heteroatoms. The second-order valence-corrected chi connectivity index (χ2v) is 9.34. The molecule has 0 aliphatic rings. The summed E-state index contributed by atoms with van der Waals surface area (Å²) >= 11 is 0. The normalized spacial score (nSPS) is 12.3. The van der Waals surface area contributed by atoms with Crippen molar-refractivity contribution >= 4 is 39.6 Å². The van der Waals surface area contributed by atoms with Crippen molar-refractivity contribution in [2.45, 2.75) is 38.8 Å². The standard InChI is InChI=1S/C28H28N2O5/c1-28(2,3)35-27(33)30-17-21(22-11-7-8-12-24(22)30)16-23(26(32)34-4)29-25(31)20-14-13-18-9-5-6-10-19(18)15-20/h5-15,17,23H,16H2,1-4H3,(H,29,31)/t23-/m0/s1. The molecule has 0 fully saturated rings. The number of aromatic nitrogens is 1. The van der Waals surface area contributed by atoms with E-state index < -0.39 is 23.7 Å². The van der Waals surface area contributed by atoms with Gasteiger partial charge in [-0.3, -0.25) is 9.36 Å². The molecule has 180 valence electrons. The molecule has 0 bridgehead atoms. The molecule has 3 aromatic carbocycles. The van der Waals surface area contributed by atoms with Crippen molar-refractivity contribution in [3.05, 3.63) is 84.1 Å². The van der Waals surface area contributed by atoms with Crippen molar-refractivity contribution in [3.63, 3.8) is 0 Å². The summed E-state index contributed by atoms with van der Waals surface area (Å²) in [5.41, 5.74) is 1.14. The number of ether oxygens (including phenoxy) is 2. The highest BCUT2D eigenvalue weighted by Crippen LogP contribution is 2.24. The van der Waals surface area contributed by atoms with Gasteiger partial charge in [0, 0.05) is 23.6 Å². The third-order valence-electron chi connectivity index (χ3n) is 5.61. The first kappa shape index (κ1) is 24.0. The molecule has 0 saturated heterocycles. The van der Waals surface area contributed by atoms with Crippen molar-refractivity contribution in [2.24, 2.45) is 0 Å². The monoisotopic (exact) mass is 472 g/mol. The summed E-state index contributed by atoms with van der Waals surface area (Å²) in [6.07, 6.45) is 1.27. The third-order valence-corrected chi connectivity index (χ3v) is 5.61. The Morgan fingerprint density at radius 3 is 2.34 bits per heavy atom. The van der Waals surface area contributed by atoms with Gasteiger partial charge in [0.05, 0.1) is 12.6 Å². The SMILES string of the molecule is COC(=O)[C@H](Cc1cn(C(=O)OC(C)(C)C)c2ccccc12)NC(=O)c1ccc2ccccc2c1. The van der Waals surface area contributed by atoms with E-state index in [2.05, 4.69) is 5.32 Å². The fourth-order valence-electron chi connectivity index (χ4n) is 4.00. The highest BCUT2D eigenvalue weighted by molar-refractivity contribution is 6.00. The van der Waals surface area contributed by atoms with Crippen LogP contribution in [0, 0.1) is 0 Å². The number of carbonyl (C=O) groups excluding carboxylic acids is 3. The molecule has 0 radical (unpaired) electrons. The Labute approximate surface area is 203 Å². The average Bonchev–Trinajstić information content (AvgIpc) is 3.20. The number of nitrogens with zero attached hydrogens (tertiary/aromatic N) is 1. The van der Waals surface area contributed by atoms with Crippen LogP contribution in [0.4, 0.5) is 4.79 Å². The van der Waals surface area contributed by atoms with Crippen LogP contribution in [-0.2, 0) is 20.7 Å². The third kappa shape index (κ3) is 5.35. The number of methoxy groups -OCH3 is 1. The van der Waals surface area contributed by atoms with Gasteiger partial charge >= 0.3 is 12.1 Å². The van der Waals surface area contributed by atoms with Gasteiger partial charge < -0.3 is 14.8 Å². The second kappa shape index (κ2) is 9.62. The molecule has 1 atom stereocenters. The predicted octanol–water partition coefficient (Wildman–Crippen LogP) is 5.09. The van der Waals surface area contributed by atoms with Gasteiger partial charge in [0.2, 0.25) is 0 Å². The van der Waals surface area contributed by atoms with Crippen LogP contribution >= 0.6 is 0 Å². The van der Waals surface area contributed by atoms with Gasteiger partial charge in [-0.05, 0) is 55.3 Å². The number of para-hydroxylation sites is 1. The Morgan fingerprint density at radius 1 is 0.943 bits per heavy atom. The van der Waals surface area contributed by atoms with Gasteiger partial charge in [0.15, 0.2) is 0 Å². The predicted molar refractivity (Wildman–Crippen MR) is 134 cm³/mol. The molecule has 35 heavy (non-hydrogen) atoms. The lowest BCUT2D eigenvalue weighted by Crippen LogP contribution is -2.43. The van der Waals surface area contributed by atoms with Gasteiger partial charge in [-0.1, -0.05) is 48.5 Å². The lowest BCUT2D eigenvalue weighted by atomic mass is 10.0. The minimum atomic E-state index is -0.947. The molecular formula is C28H28N2O5. The van der Waals surface area contributed by atoms with Crippen LogP contribution in [0.3, 0.4) is 0 Å². The maximum absolute atomic E-state index is 13.0. The smallest absolute Gasteiger partial charge is 0.419 e. The van der Waals surface area contributed by atoms with Crippen molar-refractivity contribution in [1.82, 2.24) is 9.88 Å². The van der Waals surface area contributed by atoms with Crippen LogP contribution in [0.25, 0.3) is 21.7 Å². The number of fused-ring (bicyclic) bond motifs is 2. The van der Waals surface area contributed by atoms with Crippen LogP contribution in [0.15, 0.2) is 72.9 Å². The second-order valence-electron chi connectivity index (χ2n) is 9.34. The van der Waals surface area contributed by atoms with Crippen LogP contribution in [0.2, 0.25) is 0 Å². The Kier molecular flexibility index (Phi) is 6.60. The number of rotatable bonds is 5. The average molecular weight is 473 g/mol. The fourth-order valence-corrected chi connectivity index (χ4v) is 4.00. The Balaban J connectivity index is 1.63. The van der Waals surface area contributed by atoms with E-state index in [1.54, 1.807) is 39.1 Å². The van der Waals surface area contributed by atoms with Crippen molar-refractivity contribution in [3.8, 4) is 0 Å². The molecule has 1 aromatic heterocycles. The molecule has 1 heterocycles. The Bertz CT molecular complexity index is 1410. The Hall–Kier alpha value is -4.13. The minimum Gasteiger partial charge on any atom is -0.467 e. The molecule has 0 aliphatic heterocycles. The van der Waals surface area contributed by atoms with Crippen LogP contribution in [-0.4, -0.2) is 41.3 Å². The molecule has 0 aliphatic carbocycles. The fraction of sp³-hybridized carbons (Fsp3) is 0.250. The number of esters is 1. The number of carbonyl (C=O) groups is 3. The lowest BCUT2D eigenvalue weighted by molar-refractivity contribution is -0.142. The lowest BCUT2D eigenvalue weighted by Gasteiger charge is -2.19. The molecule has 0 spiro atoms. The first-order valence-electron chi connectivity index (χ1n) is 11.4. The van der Waals surface area contributed by atoms with Crippen molar-refractivity contribution in [2.75, 3.05) is 7.11 Å². The zero-order valence-electron chi connectivity index (χ0n) is 20.2. The van der Waals surface area contributed by atoms with Gasteiger partial charge in [0.1, 0.15) is 11.6 Å². The highest BCUT2D eigenvalue weighted by atomic mass is 16.6. The van der Waals surface area contributed by atoms with Gasteiger partial charge in [0.25, 0.3) is 5.91 Å². The number of nitrogens with one attached hydrogen (secondary N) is 1. The van der Waals surface area contributed by atoms with Gasteiger partial charge in [-0.15, -0.1) is 0 Å². The van der Waals surface area contributed by atoms with E-state index >= 15 is 0 Å². The van der Waals surface area contributed by atoms with Crippen LogP contribution in [0.1, 0.15) is 36.7 Å². The topological polar surface area (TPSA) is 86.6 Å². The van der Waals surface area contributed by atoms with E-state index in [1.165, 1.54) is 11.7 Å². The number of hydrogen-bond acceptors (Lipinski definition) is 5. The maximum Gasteiger partial charge on any atom is 0.419 e. The first-order valence-corrected chi connectivity index (χ1v) is 11.4. The zero-order chi connectivity index (χ0) is 25.2. The van der Waals surface area contributed by atoms with E-state index in [4.69, 9.17) is 9.47 Å². The van der Waals surface area contributed by atoms with E-state index in [0.717, 1.165) is 16.2 Å². The van der Waals surface area contributed by atoms with E-state index in [-0.39, 0.29) is 12.3 Å². The van der Waals surface area contributed by atoms with E-state index in [9.17, 15) is 14.4 Å². The molecule has 4 aromatic rings. The number of amides is 1. The van der Waals surface area contributed by atoms with Crippen LogP contribution in [0.5, 0.6) is 0 Å². The zero-order valence-corrected chi connectivity index (χ0v) is 20.2. The van der Waals surface area contributed by atoms with Crippen molar-refractivity contribution in [1.29, 1.82) is 0 Å². The minimum absolute atomic E-state index is 0.141. The molecule has 0 unspecified atom stereocenters. The quantitative estimate of drug-likeness (QED) is 0.409. The summed E-state index contributed by atoms with van der Waals surface area (Å²) < 4.78 is 11.9. The summed E-state index contributed by atoms with van der Waals surface area (Å²) in [6.45, 7) is 5.40. The summed E-state index contributed by atoms with van der Waals surface area (Å²) in [7, 11) is 1.28.